The first-order valence-corrected chi connectivity index (χ1v) is 12.1. The van der Waals surface area contributed by atoms with E-state index in [9.17, 15) is 14.9 Å². The van der Waals surface area contributed by atoms with Gasteiger partial charge in [0.1, 0.15) is 5.75 Å². The summed E-state index contributed by atoms with van der Waals surface area (Å²) in [5, 5.41) is 24.6. The fraction of sp³-hybridized carbons (Fsp3) is 0.381. The molecule has 0 radical (unpaired) electrons. The second kappa shape index (κ2) is 10.3. The lowest BCUT2D eigenvalue weighted by Gasteiger charge is -2.16. The Kier molecular flexibility index (Phi) is 7.26. The quantitative estimate of drug-likeness (QED) is 0.269. The van der Waals surface area contributed by atoms with Crippen molar-refractivity contribution in [2.24, 2.45) is 0 Å². The molecule has 1 aliphatic rings. The van der Waals surface area contributed by atoms with E-state index in [4.69, 9.17) is 9.47 Å². The van der Waals surface area contributed by atoms with E-state index in [1.807, 2.05) is 22.1 Å². The van der Waals surface area contributed by atoms with Crippen LogP contribution in [0, 0.1) is 10.1 Å². The van der Waals surface area contributed by atoms with Crippen molar-refractivity contribution in [2.75, 3.05) is 19.0 Å². The third-order valence-corrected chi connectivity index (χ3v) is 7.12. The van der Waals surface area contributed by atoms with Crippen LogP contribution >= 0.6 is 23.1 Å². The molecule has 2 aromatic heterocycles. The van der Waals surface area contributed by atoms with E-state index < -0.39 is 10.2 Å². The van der Waals surface area contributed by atoms with E-state index in [1.54, 1.807) is 18.3 Å². The Morgan fingerprint density at radius 3 is 2.97 bits per heavy atom. The molecule has 10 nitrogen and oxygen atoms in total. The number of amides is 1. The minimum absolute atomic E-state index is 0.0809. The number of nitro groups is 1. The maximum Gasteiger partial charge on any atom is 0.271 e. The van der Waals surface area contributed by atoms with Crippen LogP contribution in [0.15, 0.2) is 40.9 Å². The predicted molar refractivity (Wildman–Crippen MR) is 126 cm³/mol. The molecule has 1 N–H and O–H groups in total. The molecule has 4 rings (SSSR count). The van der Waals surface area contributed by atoms with Crippen molar-refractivity contribution in [3.05, 3.63) is 45.8 Å². The second-order valence-electron chi connectivity index (χ2n) is 7.42. The average molecular weight is 490 g/mol. The maximum atomic E-state index is 12.9. The van der Waals surface area contributed by atoms with Gasteiger partial charge in [-0.1, -0.05) is 17.8 Å². The summed E-state index contributed by atoms with van der Waals surface area (Å²) in [6.07, 6.45) is 2.07. The highest BCUT2D eigenvalue weighted by molar-refractivity contribution is 8.00. The first kappa shape index (κ1) is 23.2. The SMILES string of the molecule is COc1ccc([N+](=O)[O-])cc1NC(=O)[C@H](C)Sc1nnc(-c2cccs2)n1C[C@H]1CCCO1. The van der Waals surface area contributed by atoms with Crippen molar-refractivity contribution in [1.29, 1.82) is 0 Å². The van der Waals surface area contributed by atoms with Crippen LogP contribution in [0.1, 0.15) is 19.8 Å². The van der Waals surface area contributed by atoms with Gasteiger partial charge in [-0.25, -0.2) is 0 Å². The zero-order valence-electron chi connectivity index (χ0n) is 18.1. The molecular weight excluding hydrogens is 466 g/mol. The zero-order chi connectivity index (χ0) is 23.4. The van der Waals surface area contributed by atoms with Crippen molar-refractivity contribution in [1.82, 2.24) is 14.8 Å². The summed E-state index contributed by atoms with van der Waals surface area (Å²) in [5.41, 5.74) is 0.104. The number of rotatable bonds is 9. The maximum absolute atomic E-state index is 12.9. The van der Waals surface area contributed by atoms with Crippen LogP contribution in [0.25, 0.3) is 10.7 Å². The van der Waals surface area contributed by atoms with Crippen molar-refractivity contribution in [3.8, 4) is 16.5 Å². The first-order chi connectivity index (χ1) is 16.0. The Morgan fingerprint density at radius 1 is 1.45 bits per heavy atom. The molecule has 0 bridgehead atoms. The summed E-state index contributed by atoms with van der Waals surface area (Å²) in [4.78, 5) is 24.5. The molecule has 3 heterocycles. The van der Waals surface area contributed by atoms with Gasteiger partial charge in [-0.2, -0.15) is 0 Å². The third-order valence-electron chi connectivity index (χ3n) is 5.17. The summed E-state index contributed by atoms with van der Waals surface area (Å²) in [6, 6.07) is 8.01. The fourth-order valence-electron chi connectivity index (χ4n) is 3.47. The molecule has 1 fully saturated rings. The standard InChI is InChI=1S/C21H23N5O5S2/c1-13(20(27)22-16-11-14(26(28)29)7-8-17(16)30-2)33-21-24-23-19(18-6-4-10-32-18)25(21)12-15-5-3-9-31-15/h4,6-8,10-11,13,15H,3,5,9,12H2,1-2H3,(H,22,27)/t13-,15+/m0/s1. The summed E-state index contributed by atoms with van der Waals surface area (Å²) < 4.78 is 13.0. The number of nitrogens with one attached hydrogen (secondary N) is 1. The van der Waals surface area contributed by atoms with Gasteiger partial charge in [0.25, 0.3) is 5.69 Å². The van der Waals surface area contributed by atoms with E-state index in [0.29, 0.717) is 17.5 Å². The van der Waals surface area contributed by atoms with Gasteiger partial charge in [-0.15, -0.1) is 21.5 Å². The molecule has 0 saturated carbocycles. The molecule has 2 atom stereocenters. The largest absolute Gasteiger partial charge is 0.495 e. The number of carbonyl (C=O) groups is 1. The average Bonchev–Trinajstić information content (AvgIpc) is 3.57. The molecule has 1 amide bonds. The molecular formula is C21H23N5O5S2. The zero-order valence-corrected chi connectivity index (χ0v) is 19.7. The number of methoxy groups -OCH3 is 1. The predicted octanol–water partition coefficient (Wildman–Crippen LogP) is 4.22. The topological polar surface area (TPSA) is 121 Å². The van der Waals surface area contributed by atoms with Gasteiger partial charge in [-0.3, -0.25) is 19.5 Å². The Labute approximate surface area is 198 Å². The van der Waals surface area contributed by atoms with Gasteiger partial charge in [0, 0.05) is 18.7 Å². The van der Waals surface area contributed by atoms with Crippen LogP contribution in [0.2, 0.25) is 0 Å². The molecule has 0 spiro atoms. The summed E-state index contributed by atoms with van der Waals surface area (Å²) in [6.45, 7) is 3.10. The molecule has 0 aliphatic carbocycles. The lowest BCUT2D eigenvalue weighted by atomic mass is 10.2. The van der Waals surface area contributed by atoms with Crippen LogP contribution in [0.3, 0.4) is 0 Å². The van der Waals surface area contributed by atoms with Crippen LogP contribution in [-0.4, -0.2) is 50.7 Å². The highest BCUT2D eigenvalue weighted by Crippen LogP contribution is 2.33. The smallest absolute Gasteiger partial charge is 0.271 e. The molecule has 1 aromatic carbocycles. The van der Waals surface area contributed by atoms with Gasteiger partial charge >= 0.3 is 0 Å². The van der Waals surface area contributed by atoms with Crippen molar-refractivity contribution in [3.63, 3.8) is 0 Å². The van der Waals surface area contributed by atoms with E-state index in [1.165, 1.54) is 37.1 Å². The number of thiophene rings is 1. The van der Waals surface area contributed by atoms with Gasteiger partial charge < -0.3 is 14.8 Å². The van der Waals surface area contributed by atoms with Crippen molar-refractivity contribution in [2.45, 2.75) is 42.8 Å². The highest BCUT2D eigenvalue weighted by Gasteiger charge is 2.25. The number of hydrogen-bond acceptors (Lipinski definition) is 9. The molecule has 12 heteroatoms. The van der Waals surface area contributed by atoms with E-state index >= 15 is 0 Å². The highest BCUT2D eigenvalue weighted by atomic mass is 32.2. The molecule has 0 unspecified atom stereocenters. The molecule has 174 valence electrons. The third kappa shape index (κ3) is 5.34. The number of ether oxygens (including phenoxy) is 2. The summed E-state index contributed by atoms with van der Waals surface area (Å²) in [5.74, 6) is 0.756. The van der Waals surface area contributed by atoms with Gasteiger partial charge in [0.15, 0.2) is 11.0 Å². The second-order valence-corrected chi connectivity index (χ2v) is 9.68. The summed E-state index contributed by atoms with van der Waals surface area (Å²) >= 11 is 2.85. The van der Waals surface area contributed by atoms with E-state index in [-0.39, 0.29) is 23.4 Å². The van der Waals surface area contributed by atoms with Gasteiger partial charge in [0.2, 0.25) is 5.91 Å². The minimum atomic E-state index is -0.544. The minimum Gasteiger partial charge on any atom is -0.495 e. The number of aromatic nitrogens is 3. The van der Waals surface area contributed by atoms with Crippen molar-refractivity contribution >= 4 is 40.4 Å². The number of thioether (sulfide) groups is 1. The number of benzene rings is 1. The molecule has 1 aliphatic heterocycles. The van der Waals surface area contributed by atoms with E-state index in [0.717, 1.165) is 30.2 Å². The van der Waals surface area contributed by atoms with Crippen LogP contribution in [-0.2, 0) is 16.1 Å². The Morgan fingerprint density at radius 2 is 2.30 bits per heavy atom. The fourth-order valence-corrected chi connectivity index (χ4v) is 5.05. The lowest BCUT2D eigenvalue weighted by molar-refractivity contribution is -0.384. The summed E-state index contributed by atoms with van der Waals surface area (Å²) in [7, 11) is 1.44. The monoisotopic (exact) mass is 489 g/mol. The number of nitro benzene ring substituents is 1. The van der Waals surface area contributed by atoms with E-state index in [2.05, 4.69) is 15.5 Å². The lowest BCUT2D eigenvalue weighted by Crippen LogP contribution is -2.24. The van der Waals surface area contributed by atoms with Crippen LogP contribution in [0.5, 0.6) is 5.75 Å². The Balaban J connectivity index is 1.53. The number of nitrogens with zero attached hydrogens (tertiary/aromatic N) is 4. The molecule has 33 heavy (non-hydrogen) atoms. The number of hydrogen-bond donors (Lipinski definition) is 1. The Bertz CT molecular complexity index is 1130. The molecule has 3 aromatic rings. The van der Waals surface area contributed by atoms with Crippen LogP contribution < -0.4 is 10.1 Å². The Hall–Kier alpha value is -2.96. The van der Waals surface area contributed by atoms with Crippen molar-refractivity contribution < 1.29 is 19.2 Å². The number of non-ortho nitro benzene ring substituents is 1. The van der Waals surface area contributed by atoms with Gasteiger partial charge in [-0.05, 0) is 37.3 Å². The van der Waals surface area contributed by atoms with Gasteiger partial charge in [0.05, 0.1) is 40.5 Å². The molecule has 1 saturated heterocycles. The normalized spacial score (nSPS) is 16.5. The van der Waals surface area contributed by atoms with Crippen LogP contribution in [0.4, 0.5) is 11.4 Å². The first-order valence-electron chi connectivity index (χ1n) is 10.3. The number of carbonyl (C=O) groups excluding carboxylic acids is 1. The number of anilines is 1.